The van der Waals surface area contributed by atoms with Crippen molar-refractivity contribution in [3.8, 4) is 11.1 Å². The van der Waals surface area contributed by atoms with Crippen molar-refractivity contribution in [1.82, 2.24) is 15.0 Å². The average molecular weight is 504 g/mol. The second-order valence-corrected chi connectivity index (χ2v) is 10.0. The third kappa shape index (κ3) is 5.14. The van der Waals surface area contributed by atoms with Crippen molar-refractivity contribution in [2.45, 2.75) is 32.4 Å². The Balaban J connectivity index is 1.45. The molecule has 1 saturated heterocycles. The van der Waals surface area contributed by atoms with Crippen molar-refractivity contribution in [3.63, 3.8) is 0 Å². The molecule has 2 aromatic carbocycles. The highest BCUT2D eigenvalue weighted by Gasteiger charge is 2.20. The van der Waals surface area contributed by atoms with Gasteiger partial charge in [0.25, 0.3) is 0 Å². The maximum absolute atomic E-state index is 10.2. The van der Waals surface area contributed by atoms with Crippen molar-refractivity contribution in [1.29, 1.82) is 0 Å². The van der Waals surface area contributed by atoms with E-state index in [0.29, 0.717) is 10.8 Å². The van der Waals surface area contributed by atoms with Crippen LogP contribution in [-0.4, -0.2) is 46.4 Å². The number of fused-ring (bicyclic) bond motifs is 1. The highest BCUT2D eigenvalue weighted by molar-refractivity contribution is 6.34. The van der Waals surface area contributed by atoms with E-state index < -0.39 is 5.60 Å². The zero-order chi connectivity index (χ0) is 25.3. The molecule has 0 amide bonds. The van der Waals surface area contributed by atoms with Crippen LogP contribution in [0.15, 0.2) is 61.1 Å². The van der Waals surface area contributed by atoms with E-state index in [4.69, 9.17) is 16.3 Å². The SMILES string of the molecule is CC(Nc1c(Cl)cnc2ccc(-c3cnc(C(C)(C)O)nc3)cc12)c1cccc(N2CCOCC2)c1. The van der Waals surface area contributed by atoms with E-state index in [9.17, 15) is 5.11 Å². The van der Waals surface area contributed by atoms with Crippen molar-refractivity contribution in [3.05, 3.63) is 77.5 Å². The molecule has 2 N–H and O–H groups in total. The lowest BCUT2D eigenvalue weighted by atomic mass is 10.0. The molecule has 36 heavy (non-hydrogen) atoms. The Hall–Kier alpha value is -3.26. The Morgan fingerprint density at radius 3 is 2.47 bits per heavy atom. The Morgan fingerprint density at radius 1 is 1.00 bits per heavy atom. The Labute approximate surface area is 216 Å². The lowest BCUT2D eigenvalue weighted by Crippen LogP contribution is -2.36. The third-order valence-electron chi connectivity index (χ3n) is 6.46. The second-order valence-electron chi connectivity index (χ2n) is 9.63. The minimum atomic E-state index is -1.09. The summed E-state index contributed by atoms with van der Waals surface area (Å²) in [6.07, 6.45) is 5.14. The number of nitrogens with one attached hydrogen (secondary N) is 1. The average Bonchev–Trinajstić information content (AvgIpc) is 2.90. The van der Waals surface area contributed by atoms with E-state index in [1.807, 2.05) is 12.1 Å². The summed E-state index contributed by atoms with van der Waals surface area (Å²) < 4.78 is 5.50. The predicted octanol–water partition coefficient (Wildman–Crippen LogP) is 5.58. The molecule has 0 aliphatic carbocycles. The summed E-state index contributed by atoms with van der Waals surface area (Å²) in [5.74, 6) is 0.382. The number of aromatic nitrogens is 3. The van der Waals surface area contributed by atoms with Gasteiger partial charge in [-0.1, -0.05) is 29.8 Å². The summed E-state index contributed by atoms with van der Waals surface area (Å²) in [7, 11) is 0. The van der Waals surface area contributed by atoms with Gasteiger partial charge in [-0.15, -0.1) is 0 Å². The molecule has 1 aliphatic rings. The molecule has 5 rings (SSSR count). The topological polar surface area (TPSA) is 83.4 Å². The van der Waals surface area contributed by atoms with Crippen LogP contribution < -0.4 is 10.2 Å². The maximum Gasteiger partial charge on any atom is 0.159 e. The minimum absolute atomic E-state index is 0.0205. The highest BCUT2D eigenvalue weighted by atomic mass is 35.5. The van der Waals surface area contributed by atoms with E-state index in [0.717, 1.165) is 54.0 Å². The van der Waals surface area contributed by atoms with Crippen LogP contribution in [0.5, 0.6) is 0 Å². The number of aliphatic hydroxyl groups is 1. The number of pyridine rings is 1. The summed E-state index contributed by atoms with van der Waals surface area (Å²) in [6.45, 7) is 8.77. The van der Waals surface area contributed by atoms with Crippen LogP contribution in [-0.2, 0) is 10.3 Å². The van der Waals surface area contributed by atoms with Crippen molar-refractivity contribution >= 4 is 33.9 Å². The molecule has 4 aromatic rings. The van der Waals surface area contributed by atoms with Crippen LogP contribution in [0.1, 0.15) is 38.2 Å². The summed E-state index contributed by atoms with van der Waals surface area (Å²) in [4.78, 5) is 15.6. The molecule has 3 heterocycles. The molecule has 7 nitrogen and oxygen atoms in total. The lowest BCUT2D eigenvalue weighted by molar-refractivity contribution is 0.0687. The van der Waals surface area contributed by atoms with Gasteiger partial charge < -0.3 is 20.1 Å². The minimum Gasteiger partial charge on any atom is -0.382 e. The molecule has 8 heteroatoms. The Kier molecular flexibility index (Phi) is 6.79. The van der Waals surface area contributed by atoms with Gasteiger partial charge in [-0.05, 0) is 56.2 Å². The van der Waals surface area contributed by atoms with Crippen LogP contribution in [0.25, 0.3) is 22.0 Å². The van der Waals surface area contributed by atoms with Crippen LogP contribution in [0.2, 0.25) is 5.02 Å². The zero-order valence-electron chi connectivity index (χ0n) is 20.7. The highest BCUT2D eigenvalue weighted by Crippen LogP contribution is 2.35. The van der Waals surface area contributed by atoms with Gasteiger partial charge in [-0.3, -0.25) is 4.98 Å². The van der Waals surface area contributed by atoms with E-state index in [2.05, 4.69) is 62.4 Å². The molecular weight excluding hydrogens is 474 g/mol. The zero-order valence-corrected chi connectivity index (χ0v) is 21.5. The number of anilines is 2. The summed E-state index contributed by atoms with van der Waals surface area (Å²) in [5.41, 5.74) is 4.75. The predicted molar refractivity (Wildman–Crippen MR) is 145 cm³/mol. The van der Waals surface area contributed by atoms with Gasteiger partial charge >= 0.3 is 0 Å². The molecule has 1 aliphatic heterocycles. The molecule has 0 radical (unpaired) electrons. The second kappa shape index (κ2) is 10.0. The number of hydrogen-bond donors (Lipinski definition) is 2. The van der Waals surface area contributed by atoms with E-state index in [1.165, 1.54) is 11.3 Å². The Bertz CT molecular complexity index is 1360. The van der Waals surface area contributed by atoms with Crippen LogP contribution >= 0.6 is 11.6 Å². The first-order valence-electron chi connectivity index (χ1n) is 12.1. The first kappa shape index (κ1) is 24.4. The van der Waals surface area contributed by atoms with Crippen molar-refractivity contribution in [2.75, 3.05) is 36.5 Å². The maximum atomic E-state index is 10.2. The van der Waals surface area contributed by atoms with Crippen LogP contribution in [0.4, 0.5) is 11.4 Å². The molecule has 1 atom stereocenters. The number of halogens is 1. The fourth-order valence-electron chi connectivity index (χ4n) is 4.40. The standard InChI is InChI=1S/C28H30ClN5O2/c1-18(19-5-4-6-22(13-19)34-9-11-36-12-10-34)33-26-23-14-20(7-8-25(23)30-17-24(26)29)21-15-31-27(32-16-21)28(2,3)35/h4-8,13-18,35H,9-12H2,1-3H3,(H,30,33). The molecule has 1 fully saturated rings. The number of benzene rings is 2. The molecule has 2 aromatic heterocycles. The normalized spacial score (nSPS) is 15.2. The van der Waals surface area contributed by atoms with Gasteiger partial charge in [-0.2, -0.15) is 0 Å². The first-order chi connectivity index (χ1) is 17.3. The van der Waals surface area contributed by atoms with Gasteiger partial charge in [0.2, 0.25) is 0 Å². The van der Waals surface area contributed by atoms with Crippen molar-refractivity contribution in [2.24, 2.45) is 0 Å². The van der Waals surface area contributed by atoms with E-state index in [1.54, 1.807) is 32.4 Å². The van der Waals surface area contributed by atoms with Crippen molar-refractivity contribution < 1.29 is 9.84 Å². The largest absolute Gasteiger partial charge is 0.382 e. The van der Waals surface area contributed by atoms with E-state index in [-0.39, 0.29) is 6.04 Å². The number of hydrogen-bond acceptors (Lipinski definition) is 7. The van der Waals surface area contributed by atoms with Gasteiger partial charge in [0, 0.05) is 54.4 Å². The molecule has 186 valence electrons. The fraction of sp³-hybridized carbons (Fsp3) is 0.321. The number of ether oxygens (including phenoxy) is 1. The molecule has 0 spiro atoms. The molecule has 0 bridgehead atoms. The van der Waals surface area contributed by atoms with Gasteiger partial charge in [0.15, 0.2) is 5.82 Å². The van der Waals surface area contributed by atoms with Crippen LogP contribution in [0.3, 0.4) is 0 Å². The van der Waals surface area contributed by atoms with Gasteiger partial charge in [-0.25, -0.2) is 9.97 Å². The first-order valence-corrected chi connectivity index (χ1v) is 12.5. The van der Waals surface area contributed by atoms with E-state index >= 15 is 0 Å². The molecule has 0 saturated carbocycles. The summed E-state index contributed by atoms with van der Waals surface area (Å²) in [5, 5.41) is 15.3. The lowest BCUT2D eigenvalue weighted by Gasteiger charge is -2.29. The molecular formula is C28H30ClN5O2. The molecule has 1 unspecified atom stereocenters. The third-order valence-corrected chi connectivity index (χ3v) is 6.75. The number of morpholine rings is 1. The Morgan fingerprint density at radius 2 is 1.75 bits per heavy atom. The fourth-order valence-corrected chi connectivity index (χ4v) is 4.60. The smallest absolute Gasteiger partial charge is 0.159 e. The number of rotatable bonds is 6. The van der Waals surface area contributed by atoms with Gasteiger partial charge in [0.05, 0.1) is 29.4 Å². The summed E-state index contributed by atoms with van der Waals surface area (Å²) >= 11 is 6.66. The monoisotopic (exact) mass is 503 g/mol. The van der Waals surface area contributed by atoms with Gasteiger partial charge in [0.1, 0.15) is 5.60 Å². The van der Waals surface area contributed by atoms with Crippen LogP contribution in [0, 0.1) is 0 Å². The quantitative estimate of drug-likeness (QED) is 0.355. The summed E-state index contributed by atoms with van der Waals surface area (Å²) in [6, 6.07) is 14.6. The number of nitrogens with zero attached hydrogens (tertiary/aromatic N) is 4.